The van der Waals surface area contributed by atoms with Crippen molar-refractivity contribution in [2.24, 2.45) is 0 Å². The van der Waals surface area contributed by atoms with Gasteiger partial charge < -0.3 is 15.7 Å². The molecule has 128 valence electrons. The second kappa shape index (κ2) is 7.03. The first-order valence-corrected chi connectivity index (χ1v) is 8.13. The summed E-state index contributed by atoms with van der Waals surface area (Å²) in [4.78, 5) is 12.0. The first-order chi connectivity index (χ1) is 12.0. The number of carboxylic acid groups (broad SMARTS) is 1. The lowest BCUT2D eigenvalue weighted by Crippen LogP contribution is -2.12. The molecule has 3 rings (SSSR count). The summed E-state index contributed by atoms with van der Waals surface area (Å²) in [5.74, 6) is -2.04. The quantitative estimate of drug-likeness (QED) is 0.625. The zero-order valence-corrected chi connectivity index (χ0v) is 14.4. The molecule has 0 bridgehead atoms. The Morgan fingerprint density at radius 3 is 2.72 bits per heavy atom. The van der Waals surface area contributed by atoms with Gasteiger partial charge in [-0.15, -0.1) is 12.6 Å². The fraction of sp³-hybridized carbons (Fsp3) is 0.105. The highest BCUT2D eigenvalue weighted by molar-refractivity contribution is 7.80. The molecule has 1 aliphatic rings. The van der Waals surface area contributed by atoms with Crippen LogP contribution >= 0.6 is 12.6 Å². The Balaban J connectivity index is 2.23. The van der Waals surface area contributed by atoms with Crippen molar-refractivity contribution >= 4 is 29.9 Å². The number of aromatic carboxylic acids is 1. The van der Waals surface area contributed by atoms with Crippen molar-refractivity contribution in [1.82, 2.24) is 5.32 Å². The van der Waals surface area contributed by atoms with E-state index in [0.29, 0.717) is 12.1 Å². The van der Waals surface area contributed by atoms with Crippen LogP contribution in [0.4, 0.5) is 10.1 Å². The lowest BCUT2D eigenvalue weighted by Gasteiger charge is -2.19. The zero-order valence-electron chi connectivity index (χ0n) is 13.5. The number of halogens is 1. The van der Waals surface area contributed by atoms with Gasteiger partial charge in [-0.25, -0.2) is 9.18 Å². The number of allylic oxidation sites excluding steroid dienone is 2. The van der Waals surface area contributed by atoms with E-state index in [1.807, 2.05) is 37.5 Å². The van der Waals surface area contributed by atoms with Crippen LogP contribution in [0, 0.1) is 5.82 Å². The van der Waals surface area contributed by atoms with Crippen molar-refractivity contribution in [3.63, 3.8) is 0 Å². The molecule has 25 heavy (non-hydrogen) atoms. The van der Waals surface area contributed by atoms with Crippen molar-refractivity contribution in [3.8, 4) is 11.1 Å². The Hall–Kier alpha value is -2.73. The lowest BCUT2D eigenvalue weighted by molar-refractivity contribution is 0.0692. The molecular formula is C19H17FN2O2S. The highest BCUT2D eigenvalue weighted by atomic mass is 32.1. The van der Waals surface area contributed by atoms with E-state index in [4.69, 9.17) is 0 Å². The van der Waals surface area contributed by atoms with E-state index in [2.05, 4.69) is 23.3 Å². The molecule has 1 aliphatic heterocycles. The summed E-state index contributed by atoms with van der Waals surface area (Å²) in [6.45, 7) is 0.644. The minimum atomic E-state index is -1.29. The number of anilines is 1. The standard InChI is InChI=1S/C19H17FN2O2S/c1-21-17-8-13(12-3-2-6-22-10-12)14(9-18(17)25)11-4-5-16(20)15(7-11)19(23)24/h2-9,21-22,25H,10H2,1H3,(H,23,24). The largest absolute Gasteiger partial charge is 0.478 e. The van der Waals surface area contributed by atoms with Gasteiger partial charge >= 0.3 is 5.97 Å². The third kappa shape index (κ3) is 3.39. The molecule has 4 nitrogen and oxygen atoms in total. The van der Waals surface area contributed by atoms with Gasteiger partial charge in [0.25, 0.3) is 0 Å². The van der Waals surface area contributed by atoms with E-state index >= 15 is 0 Å². The van der Waals surface area contributed by atoms with Crippen molar-refractivity contribution in [2.75, 3.05) is 18.9 Å². The third-order valence-electron chi connectivity index (χ3n) is 4.06. The van der Waals surface area contributed by atoms with Gasteiger partial charge in [-0.05, 0) is 58.8 Å². The summed E-state index contributed by atoms with van der Waals surface area (Å²) in [6, 6.07) is 7.95. The Morgan fingerprint density at radius 1 is 1.28 bits per heavy atom. The molecule has 2 aromatic rings. The summed E-state index contributed by atoms with van der Waals surface area (Å²) in [7, 11) is 1.81. The molecule has 0 amide bonds. The monoisotopic (exact) mass is 356 g/mol. The van der Waals surface area contributed by atoms with Crippen molar-refractivity contribution in [2.45, 2.75) is 4.90 Å². The van der Waals surface area contributed by atoms with Crippen LogP contribution in [0.2, 0.25) is 0 Å². The second-order valence-corrected chi connectivity index (χ2v) is 6.08. The molecule has 0 radical (unpaired) electrons. The van der Waals surface area contributed by atoms with Crippen LogP contribution in [0.1, 0.15) is 15.9 Å². The van der Waals surface area contributed by atoms with Gasteiger partial charge in [0.2, 0.25) is 0 Å². The molecule has 6 heteroatoms. The Morgan fingerprint density at radius 2 is 2.08 bits per heavy atom. The zero-order chi connectivity index (χ0) is 18.0. The summed E-state index contributed by atoms with van der Waals surface area (Å²) in [5.41, 5.74) is 3.91. The number of thiol groups is 1. The molecule has 0 aliphatic carbocycles. The number of hydrogen-bond donors (Lipinski definition) is 4. The first kappa shape index (κ1) is 17.1. The van der Waals surface area contributed by atoms with Gasteiger partial charge in [0.05, 0.1) is 5.56 Å². The minimum absolute atomic E-state index is 0.350. The molecule has 0 atom stereocenters. The highest BCUT2D eigenvalue weighted by Gasteiger charge is 2.17. The van der Waals surface area contributed by atoms with Crippen LogP contribution in [0.5, 0.6) is 0 Å². The normalized spacial score (nSPS) is 13.2. The Labute approximate surface area is 150 Å². The first-order valence-electron chi connectivity index (χ1n) is 7.68. The minimum Gasteiger partial charge on any atom is -0.478 e. The number of hydrogen-bond acceptors (Lipinski definition) is 4. The number of rotatable bonds is 4. The fourth-order valence-corrected chi connectivity index (χ4v) is 3.10. The van der Waals surface area contributed by atoms with E-state index in [9.17, 15) is 14.3 Å². The van der Waals surface area contributed by atoms with Gasteiger partial charge in [0, 0.05) is 24.2 Å². The summed E-state index contributed by atoms with van der Waals surface area (Å²) < 4.78 is 13.8. The number of carboxylic acids is 1. The van der Waals surface area contributed by atoms with Gasteiger partial charge in [0.15, 0.2) is 0 Å². The topological polar surface area (TPSA) is 61.4 Å². The molecule has 0 saturated heterocycles. The molecular weight excluding hydrogens is 339 g/mol. The Kier molecular flexibility index (Phi) is 4.81. The summed E-state index contributed by atoms with van der Waals surface area (Å²) in [5, 5.41) is 15.5. The maximum Gasteiger partial charge on any atom is 0.338 e. The van der Waals surface area contributed by atoms with Crippen LogP contribution in [0.3, 0.4) is 0 Å². The summed E-state index contributed by atoms with van der Waals surface area (Å²) in [6.07, 6.45) is 5.76. The maximum atomic E-state index is 13.8. The number of carbonyl (C=O) groups is 1. The smallest absolute Gasteiger partial charge is 0.338 e. The Bertz CT molecular complexity index is 907. The second-order valence-electron chi connectivity index (χ2n) is 5.60. The predicted octanol–water partition coefficient (Wildman–Crippen LogP) is 4.02. The van der Waals surface area contributed by atoms with Crippen molar-refractivity contribution < 1.29 is 14.3 Å². The number of nitrogens with one attached hydrogen (secondary N) is 2. The molecule has 3 N–H and O–H groups in total. The predicted molar refractivity (Wildman–Crippen MR) is 101 cm³/mol. The summed E-state index contributed by atoms with van der Waals surface area (Å²) >= 11 is 4.49. The lowest BCUT2D eigenvalue weighted by atomic mass is 9.92. The molecule has 0 unspecified atom stereocenters. The average Bonchev–Trinajstić information content (AvgIpc) is 2.62. The third-order valence-corrected chi connectivity index (χ3v) is 4.43. The number of benzene rings is 2. The highest BCUT2D eigenvalue weighted by Crippen LogP contribution is 2.36. The van der Waals surface area contributed by atoms with E-state index in [1.54, 1.807) is 6.07 Å². The van der Waals surface area contributed by atoms with Crippen molar-refractivity contribution in [1.29, 1.82) is 0 Å². The fourth-order valence-electron chi connectivity index (χ4n) is 2.79. The molecule has 2 aromatic carbocycles. The number of dihydropyridines is 1. The average molecular weight is 356 g/mol. The van der Waals surface area contributed by atoms with Crippen LogP contribution in [0.25, 0.3) is 16.7 Å². The van der Waals surface area contributed by atoms with Crippen LogP contribution < -0.4 is 10.6 Å². The van der Waals surface area contributed by atoms with Crippen molar-refractivity contribution in [3.05, 3.63) is 65.6 Å². The van der Waals surface area contributed by atoms with Gasteiger partial charge in [-0.2, -0.15) is 0 Å². The van der Waals surface area contributed by atoms with Gasteiger partial charge in [-0.1, -0.05) is 12.1 Å². The molecule has 0 fully saturated rings. The van der Waals surface area contributed by atoms with E-state index < -0.39 is 11.8 Å². The van der Waals surface area contributed by atoms with Gasteiger partial charge in [0.1, 0.15) is 5.82 Å². The van der Waals surface area contributed by atoms with Crippen LogP contribution in [-0.2, 0) is 0 Å². The molecule has 1 heterocycles. The SMILES string of the molecule is CNc1cc(C2=CC=CNC2)c(-c2ccc(F)c(C(=O)O)c2)cc1S. The molecule has 0 spiro atoms. The maximum absolute atomic E-state index is 13.8. The molecule has 0 aromatic heterocycles. The van der Waals surface area contributed by atoms with E-state index in [0.717, 1.165) is 27.3 Å². The van der Waals surface area contributed by atoms with E-state index in [-0.39, 0.29) is 5.56 Å². The van der Waals surface area contributed by atoms with Gasteiger partial charge in [-0.3, -0.25) is 0 Å². The van der Waals surface area contributed by atoms with E-state index in [1.165, 1.54) is 12.1 Å². The molecule has 0 saturated carbocycles. The van der Waals surface area contributed by atoms with Crippen LogP contribution in [0.15, 0.2) is 53.6 Å². The van der Waals surface area contributed by atoms with Crippen LogP contribution in [-0.4, -0.2) is 24.7 Å².